The lowest BCUT2D eigenvalue weighted by Gasteiger charge is -2.16. The second-order valence-electron chi connectivity index (χ2n) is 7.96. The number of carboxylic acid groups (broad SMARTS) is 1. The Morgan fingerprint density at radius 3 is 2.12 bits per heavy atom. The van der Waals surface area contributed by atoms with E-state index in [4.69, 9.17) is 9.84 Å². The lowest BCUT2D eigenvalue weighted by molar-refractivity contribution is -0.139. The molecule has 0 aromatic heterocycles. The Labute approximate surface area is 196 Å². The van der Waals surface area contributed by atoms with E-state index in [0.717, 1.165) is 22.3 Å². The van der Waals surface area contributed by atoms with Crippen molar-refractivity contribution in [3.05, 3.63) is 89.5 Å². The van der Waals surface area contributed by atoms with Crippen LogP contribution in [-0.4, -0.2) is 47.4 Å². The topological polar surface area (TPSA) is 125 Å². The van der Waals surface area contributed by atoms with Crippen LogP contribution in [0.4, 0.5) is 10.5 Å². The first-order valence-corrected chi connectivity index (χ1v) is 10.8. The average molecular weight is 460 g/mol. The van der Waals surface area contributed by atoms with Crippen molar-refractivity contribution < 1.29 is 29.3 Å². The molecular formula is C26H24N2O6. The number of fused-ring (bicyclic) bond motifs is 3. The maximum Gasteiger partial charge on any atom is 0.411 e. The summed E-state index contributed by atoms with van der Waals surface area (Å²) in [6.45, 7) is -0.0972. The average Bonchev–Trinajstić information content (AvgIpc) is 3.15. The number of rotatable bonds is 8. The summed E-state index contributed by atoms with van der Waals surface area (Å²) < 4.78 is 5.53. The molecular weight excluding hydrogens is 436 g/mol. The van der Waals surface area contributed by atoms with Crippen molar-refractivity contribution in [3.63, 3.8) is 0 Å². The summed E-state index contributed by atoms with van der Waals surface area (Å²) in [4.78, 5) is 35.8. The molecule has 1 atom stereocenters. The molecule has 0 fully saturated rings. The molecule has 0 radical (unpaired) electrons. The van der Waals surface area contributed by atoms with Crippen LogP contribution in [0, 0.1) is 0 Å². The highest BCUT2D eigenvalue weighted by Gasteiger charge is 2.29. The van der Waals surface area contributed by atoms with E-state index in [2.05, 4.69) is 22.8 Å². The Balaban J connectivity index is 1.40. The van der Waals surface area contributed by atoms with Gasteiger partial charge in [-0.3, -0.25) is 14.9 Å². The van der Waals surface area contributed by atoms with Gasteiger partial charge in [-0.1, -0.05) is 60.7 Å². The fourth-order valence-corrected chi connectivity index (χ4v) is 4.11. The highest BCUT2D eigenvalue weighted by molar-refractivity contribution is 6.02. The number of carboxylic acids is 1. The normalized spacial score (nSPS) is 12.9. The molecule has 0 saturated carbocycles. The number of nitrogens with one attached hydrogen (secondary N) is 2. The predicted octanol–water partition coefficient (Wildman–Crippen LogP) is 3.61. The minimum absolute atomic E-state index is 0.0904. The summed E-state index contributed by atoms with van der Waals surface area (Å²) in [6, 6.07) is 22.4. The van der Waals surface area contributed by atoms with Gasteiger partial charge in [-0.25, -0.2) is 4.79 Å². The van der Waals surface area contributed by atoms with E-state index in [-0.39, 0.29) is 30.3 Å². The van der Waals surface area contributed by atoms with Gasteiger partial charge in [0.15, 0.2) is 0 Å². The highest BCUT2D eigenvalue weighted by atomic mass is 16.5. The summed E-state index contributed by atoms with van der Waals surface area (Å²) in [5.41, 5.74) is 4.84. The van der Waals surface area contributed by atoms with Crippen molar-refractivity contribution in [2.75, 3.05) is 18.5 Å². The molecule has 0 bridgehead atoms. The Morgan fingerprint density at radius 1 is 0.882 bits per heavy atom. The summed E-state index contributed by atoms with van der Waals surface area (Å²) in [5.74, 6) is -1.81. The molecule has 0 aliphatic heterocycles. The number of para-hydroxylation sites is 1. The smallest absolute Gasteiger partial charge is 0.411 e. The Morgan fingerprint density at radius 2 is 1.47 bits per heavy atom. The van der Waals surface area contributed by atoms with Gasteiger partial charge in [0.1, 0.15) is 6.61 Å². The number of aliphatic hydroxyl groups is 1. The van der Waals surface area contributed by atoms with E-state index in [9.17, 15) is 19.5 Å². The van der Waals surface area contributed by atoms with Gasteiger partial charge in [0, 0.05) is 12.5 Å². The lowest BCUT2D eigenvalue weighted by atomic mass is 9.98. The maximum atomic E-state index is 12.6. The first-order valence-electron chi connectivity index (χ1n) is 10.8. The molecule has 8 nitrogen and oxygen atoms in total. The van der Waals surface area contributed by atoms with E-state index in [1.165, 1.54) is 6.07 Å². The molecule has 3 aromatic rings. The Hall–Kier alpha value is -4.17. The number of aliphatic carboxylic acids is 1. The SMILES string of the molecule is O=C(O)CC(O)CNC(=O)c1ccccc1NC(=O)OCC1c2ccccc2-c2ccccc21. The van der Waals surface area contributed by atoms with Gasteiger partial charge in [-0.05, 0) is 34.4 Å². The van der Waals surface area contributed by atoms with Crippen LogP contribution in [0.15, 0.2) is 72.8 Å². The van der Waals surface area contributed by atoms with Gasteiger partial charge in [0.05, 0.1) is 23.8 Å². The molecule has 1 aliphatic rings. The molecule has 4 N–H and O–H groups in total. The number of aliphatic hydroxyl groups excluding tert-OH is 1. The van der Waals surface area contributed by atoms with Gasteiger partial charge in [0.2, 0.25) is 0 Å². The predicted molar refractivity (Wildman–Crippen MR) is 126 cm³/mol. The first-order chi connectivity index (χ1) is 16.4. The van der Waals surface area contributed by atoms with Crippen LogP contribution in [0.2, 0.25) is 0 Å². The number of ether oxygens (including phenoxy) is 1. The van der Waals surface area contributed by atoms with Crippen LogP contribution in [0.25, 0.3) is 11.1 Å². The van der Waals surface area contributed by atoms with Crippen molar-refractivity contribution in [1.82, 2.24) is 5.32 Å². The zero-order valence-electron chi connectivity index (χ0n) is 18.2. The maximum absolute atomic E-state index is 12.6. The van der Waals surface area contributed by atoms with Gasteiger partial charge >= 0.3 is 12.1 Å². The minimum Gasteiger partial charge on any atom is -0.481 e. The third-order valence-corrected chi connectivity index (χ3v) is 5.66. The number of hydrogen-bond acceptors (Lipinski definition) is 5. The summed E-state index contributed by atoms with van der Waals surface area (Å²) in [5, 5.41) is 23.4. The van der Waals surface area contributed by atoms with E-state index in [1.54, 1.807) is 18.2 Å². The van der Waals surface area contributed by atoms with Crippen LogP contribution < -0.4 is 10.6 Å². The van der Waals surface area contributed by atoms with Gasteiger partial charge < -0.3 is 20.3 Å². The molecule has 1 aliphatic carbocycles. The van der Waals surface area contributed by atoms with E-state index < -0.39 is 30.5 Å². The van der Waals surface area contributed by atoms with Crippen LogP contribution in [-0.2, 0) is 9.53 Å². The Bertz CT molecular complexity index is 1180. The van der Waals surface area contributed by atoms with E-state index >= 15 is 0 Å². The summed E-state index contributed by atoms with van der Waals surface area (Å²) >= 11 is 0. The van der Waals surface area contributed by atoms with E-state index in [0.29, 0.717) is 0 Å². The van der Waals surface area contributed by atoms with E-state index in [1.807, 2.05) is 36.4 Å². The molecule has 0 spiro atoms. The zero-order chi connectivity index (χ0) is 24.1. The van der Waals surface area contributed by atoms with Crippen LogP contribution in [0.1, 0.15) is 33.8 Å². The fourth-order valence-electron chi connectivity index (χ4n) is 4.11. The molecule has 4 rings (SSSR count). The zero-order valence-corrected chi connectivity index (χ0v) is 18.2. The van der Waals surface area contributed by atoms with Gasteiger partial charge in [-0.15, -0.1) is 0 Å². The number of benzene rings is 3. The number of carbonyl (C=O) groups is 3. The number of amides is 2. The van der Waals surface area contributed by atoms with Crippen molar-refractivity contribution in [2.45, 2.75) is 18.4 Å². The lowest BCUT2D eigenvalue weighted by Crippen LogP contribution is -2.33. The number of hydrogen-bond donors (Lipinski definition) is 4. The molecule has 0 saturated heterocycles. The number of carbonyl (C=O) groups excluding carboxylic acids is 2. The van der Waals surface area contributed by atoms with Gasteiger partial charge in [-0.2, -0.15) is 0 Å². The summed E-state index contributed by atoms with van der Waals surface area (Å²) in [6.07, 6.45) is -2.41. The number of anilines is 1. The molecule has 8 heteroatoms. The molecule has 3 aromatic carbocycles. The van der Waals surface area contributed by atoms with Crippen LogP contribution >= 0.6 is 0 Å². The third-order valence-electron chi connectivity index (χ3n) is 5.66. The molecule has 2 amide bonds. The second-order valence-corrected chi connectivity index (χ2v) is 7.96. The van der Waals surface area contributed by atoms with Crippen molar-refractivity contribution in [1.29, 1.82) is 0 Å². The molecule has 1 unspecified atom stereocenters. The van der Waals surface area contributed by atoms with Crippen LogP contribution in [0.3, 0.4) is 0 Å². The third kappa shape index (κ3) is 5.07. The van der Waals surface area contributed by atoms with Crippen molar-refractivity contribution in [2.24, 2.45) is 0 Å². The molecule has 174 valence electrons. The van der Waals surface area contributed by atoms with Gasteiger partial charge in [0.25, 0.3) is 5.91 Å². The second kappa shape index (κ2) is 10.2. The quantitative estimate of drug-likeness (QED) is 0.407. The van der Waals surface area contributed by atoms with Crippen molar-refractivity contribution in [3.8, 4) is 11.1 Å². The highest BCUT2D eigenvalue weighted by Crippen LogP contribution is 2.44. The monoisotopic (exact) mass is 460 g/mol. The minimum atomic E-state index is -1.22. The van der Waals surface area contributed by atoms with Crippen LogP contribution in [0.5, 0.6) is 0 Å². The largest absolute Gasteiger partial charge is 0.481 e. The Kier molecular flexibility index (Phi) is 6.89. The van der Waals surface area contributed by atoms with Crippen molar-refractivity contribution >= 4 is 23.7 Å². The fraction of sp³-hybridized carbons (Fsp3) is 0.192. The summed E-state index contributed by atoms with van der Waals surface area (Å²) in [7, 11) is 0. The molecule has 34 heavy (non-hydrogen) atoms. The standard InChI is InChI=1S/C26H24N2O6/c29-16(13-24(30)31)14-27-25(32)21-11-5-6-12-23(21)28-26(33)34-15-22-19-9-3-1-7-17(19)18-8-2-4-10-20(18)22/h1-12,16,22,29H,13-15H2,(H,27,32)(H,28,33)(H,30,31). The first kappa shape index (κ1) is 23.0. The molecule has 0 heterocycles.